The molecule has 0 spiro atoms. The summed E-state index contributed by atoms with van der Waals surface area (Å²) in [7, 11) is 0. The zero-order chi connectivity index (χ0) is 17.6. The molecule has 3 N–H and O–H groups in total. The highest BCUT2D eigenvalue weighted by molar-refractivity contribution is 5.67. The third kappa shape index (κ3) is 4.27. The number of hydrogen-bond donors (Lipinski definition) is 3. The lowest BCUT2D eigenvalue weighted by molar-refractivity contribution is 0.281. The fourth-order valence-corrected chi connectivity index (χ4v) is 2.20. The molecule has 0 aliphatic carbocycles. The zero-order valence-electron chi connectivity index (χ0n) is 13.6. The molecule has 0 fully saturated rings. The molecular formula is C18H18FN5O. The van der Waals surface area contributed by atoms with Crippen molar-refractivity contribution < 1.29 is 9.50 Å². The first-order valence-electron chi connectivity index (χ1n) is 7.84. The summed E-state index contributed by atoms with van der Waals surface area (Å²) in [5.74, 6) is 0.399. The third-order valence-electron chi connectivity index (χ3n) is 3.47. The molecule has 2 heterocycles. The van der Waals surface area contributed by atoms with Crippen LogP contribution in [-0.2, 0) is 0 Å². The number of pyridine rings is 1. The third-order valence-corrected chi connectivity index (χ3v) is 3.47. The molecule has 1 atom stereocenters. The Morgan fingerprint density at radius 2 is 2.00 bits per heavy atom. The van der Waals surface area contributed by atoms with E-state index in [0.717, 1.165) is 5.56 Å². The number of para-hydroxylation sites is 1. The van der Waals surface area contributed by atoms with E-state index >= 15 is 0 Å². The van der Waals surface area contributed by atoms with E-state index in [9.17, 15) is 9.50 Å². The van der Waals surface area contributed by atoms with Gasteiger partial charge in [-0.05, 0) is 31.2 Å². The molecule has 25 heavy (non-hydrogen) atoms. The predicted molar refractivity (Wildman–Crippen MR) is 95.1 cm³/mol. The molecule has 0 amide bonds. The van der Waals surface area contributed by atoms with Crippen molar-refractivity contribution in [2.75, 3.05) is 17.2 Å². The first-order valence-corrected chi connectivity index (χ1v) is 7.84. The fourth-order valence-electron chi connectivity index (χ4n) is 2.20. The van der Waals surface area contributed by atoms with Gasteiger partial charge in [0.05, 0.1) is 18.0 Å². The van der Waals surface area contributed by atoms with Gasteiger partial charge in [-0.1, -0.05) is 12.1 Å². The van der Waals surface area contributed by atoms with E-state index in [1.807, 2.05) is 19.1 Å². The van der Waals surface area contributed by atoms with Gasteiger partial charge in [0.15, 0.2) is 0 Å². The molecule has 3 rings (SSSR count). The van der Waals surface area contributed by atoms with Crippen LogP contribution in [0.3, 0.4) is 0 Å². The van der Waals surface area contributed by atoms with E-state index in [0.29, 0.717) is 23.1 Å². The Morgan fingerprint density at radius 3 is 2.72 bits per heavy atom. The normalized spacial score (nSPS) is 11.8. The number of hydrogen-bond acceptors (Lipinski definition) is 6. The van der Waals surface area contributed by atoms with Crippen LogP contribution in [0.5, 0.6) is 0 Å². The van der Waals surface area contributed by atoms with Crippen LogP contribution in [0.1, 0.15) is 6.92 Å². The molecular weight excluding hydrogens is 321 g/mol. The summed E-state index contributed by atoms with van der Waals surface area (Å²) in [5.41, 5.74) is 1.76. The second kappa shape index (κ2) is 7.67. The van der Waals surface area contributed by atoms with E-state index in [1.165, 1.54) is 6.07 Å². The highest BCUT2D eigenvalue weighted by atomic mass is 19.1. The minimum atomic E-state index is -0.373. The van der Waals surface area contributed by atoms with E-state index in [2.05, 4.69) is 25.6 Å². The summed E-state index contributed by atoms with van der Waals surface area (Å²) in [4.78, 5) is 12.9. The Kier molecular flexibility index (Phi) is 5.15. The standard InChI is InChI=1S/C18H18FN5O/c1-12(11-25)21-18-23-16(13-5-4-8-20-10-13)9-17(24-18)22-15-7-3-2-6-14(15)19/h2-10,12,25H,11H2,1H3,(H2,21,22,23,24)/t12-/m0/s1. The topological polar surface area (TPSA) is 83.0 Å². The van der Waals surface area contributed by atoms with Gasteiger partial charge in [-0.2, -0.15) is 4.98 Å². The molecule has 0 aliphatic rings. The Morgan fingerprint density at radius 1 is 1.16 bits per heavy atom. The first-order chi connectivity index (χ1) is 12.2. The predicted octanol–water partition coefficient (Wildman–Crippen LogP) is 3.21. The molecule has 1 aromatic carbocycles. The first kappa shape index (κ1) is 16.8. The monoisotopic (exact) mass is 339 g/mol. The van der Waals surface area contributed by atoms with E-state index in [4.69, 9.17) is 0 Å². The lowest BCUT2D eigenvalue weighted by Crippen LogP contribution is -2.21. The molecule has 6 nitrogen and oxygen atoms in total. The van der Waals surface area contributed by atoms with E-state index in [1.54, 1.807) is 36.7 Å². The Hall–Kier alpha value is -3.06. The minimum absolute atomic E-state index is 0.0590. The van der Waals surface area contributed by atoms with Crippen molar-refractivity contribution in [1.82, 2.24) is 15.0 Å². The summed E-state index contributed by atoms with van der Waals surface area (Å²) >= 11 is 0. The molecule has 0 aliphatic heterocycles. The summed E-state index contributed by atoms with van der Waals surface area (Å²) in [6.07, 6.45) is 3.37. The molecule has 128 valence electrons. The Bertz CT molecular complexity index is 844. The number of benzene rings is 1. The summed E-state index contributed by atoms with van der Waals surface area (Å²) < 4.78 is 13.9. The molecule has 0 unspecified atom stereocenters. The van der Waals surface area contributed by atoms with Crippen LogP contribution in [0.4, 0.5) is 21.8 Å². The largest absolute Gasteiger partial charge is 0.394 e. The molecule has 3 aromatic rings. The summed E-state index contributed by atoms with van der Waals surface area (Å²) in [5, 5.41) is 15.2. The van der Waals surface area contributed by atoms with Gasteiger partial charge in [0.1, 0.15) is 11.6 Å². The van der Waals surface area contributed by atoms with Gasteiger partial charge in [0, 0.05) is 30.1 Å². The molecule has 2 aromatic heterocycles. The van der Waals surface area contributed by atoms with Crippen LogP contribution in [0.2, 0.25) is 0 Å². The number of aliphatic hydroxyl groups excluding tert-OH is 1. The number of nitrogens with one attached hydrogen (secondary N) is 2. The van der Waals surface area contributed by atoms with Gasteiger partial charge in [-0.15, -0.1) is 0 Å². The van der Waals surface area contributed by atoms with Crippen molar-refractivity contribution >= 4 is 17.5 Å². The van der Waals surface area contributed by atoms with Gasteiger partial charge < -0.3 is 15.7 Å². The second-order valence-corrected chi connectivity index (χ2v) is 5.54. The van der Waals surface area contributed by atoms with Crippen LogP contribution in [-0.4, -0.2) is 32.7 Å². The fraction of sp³-hybridized carbons (Fsp3) is 0.167. The zero-order valence-corrected chi connectivity index (χ0v) is 13.6. The van der Waals surface area contributed by atoms with Crippen molar-refractivity contribution in [3.63, 3.8) is 0 Å². The van der Waals surface area contributed by atoms with Crippen molar-refractivity contribution in [3.8, 4) is 11.3 Å². The van der Waals surface area contributed by atoms with Crippen LogP contribution in [0.25, 0.3) is 11.3 Å². The van der Waals surface area contributed by atoms with Crippen LogP contribution < -0.4 is 10.6 Å². The van der Waals surface area contributed by atoms with Crippen LogP contribution >= 0.6 is 0 Å². The lowest BCUT2D eigenvalue weighted by atomic mass is 10.2. The molecule has 0 saturated heterocycles. The van der Waals surface area contributed by atoms with Crippen molar-refractivity contribution in [3.05, 3.63) is 60.7 Å². The average molecular weight is 339 g/mol. The number of rotatable bonds is 6. The Balaban J connectivity index is 1.99. The van der Waals surface area contributed by atoms with Gasteiger partial charge in [0.2, 0.25) is 5.95 Å². The highest BCUT2D eigenvalue weighted by Crippen LogP contribution is 2.24. The van der Waals surface area contributed by atoms with Gasteiger partial charge in [0.25, 0.3) is 0 Å². The summed E-state index contributed by atoms with van der Waals surface area (Å²) in [6.45, 7) is 1.75. The molecule has 0 bridgehead atoms. The number of anilines is 3. The number of aromatic nitrogens is 3. The maximum absolute atomic E-state index is 13.9. The quantitative estimate of drug-likeness (QED) is 0.640. The number of nitrogens with zero attached hydrogens (tertiary/aromatic N) is 3. The minimum Gasteiger partial charge on any atom is -0.394 e. The van der Waals surface area contributed by atoms with Gasteiger partial charge in [-0.25, -0.2) is 9.37 Å². The Labute approximate surface area is 144 Å². The smallest absolute Gasteiger partial charge is 0.225 e. The van der Waals surface area contributed by atoms with Gasteiger partial charge >= 0.3 is 0 Å². The summed E-state index contributed by atoms with van der Waals surface area (Å²) in [6, 6.07) is 11.6. The maximum atomic E-state index is 13.9. The average Bonchev–Trinajstić information content (AvgIpc) is 2.64. The number of halogens is 1. The van der Waals surface area contributed by atoms with Crippen LogP contribution in [0, 0.1) is 5.82 Å². The van der Waals surface area contributed by atoms with E-state index < -0.39 is 0 Å². The lowest BCUT2D eigenvalue weighted by Gasteiger charge is -2.14. The van der Waals surface area contributed by atoms with Crippen LogP contribution in [0.15, 0.2) is 54.9 Å². The van der Waals surface area contributed by atoms with E-state index in [-0.39, 0.29) is 18.5 Å². The second-order valence-electron chi connectivity index (χ2n) is 5.54. The highest BCUT2D eigenvalue weighted by Gasteiger charge is 2.10. The SMILES string of the molecule is C[C@@H](CO)Nc1nc(Nc2ccccc2F)cc(-c2cccnc2)n1. The van der Waals surface area contributed by atoms with Crippen molar-refractivity contribution in [2.24, 2.45) is 0 Å². The van der Waals surface area contributed by atoms with Crippen molar-refractivity contribution in [2.45, 2.75) is 13.0 Å². The van der Waals surface area contributed by atoms with Crippen molar-refractivity contribution in [1.29, 1.82) is 0 Å². The molecule has 0 radical (unpaired) electrons. The maximum Gasteiger partial charge on any atom is 0.225 e. The molecule has 0 saturated carbocycles. The molecule has 7 heteroatoms. The van der Waals surface area contributed by atoms with Gasteiger partial charge in [-0.3, -0.25) is 4.98 Å². The number of aliphatic hydroxyl groups is 1.